The second kappa shape index (κ2) is 9.69. The number of nitroso groups, excluding NO2 is 1. The Kier molecular flexibility index (Phi) is 7.97. The second-order valence-electron chi connectivity index (χ2n) is 5.19. The van der Waals surface area contributed by atoms with E-state index in [0.717, 1.165) is 6.20 Å². The number of hydrogen-bond donors (Lipinski definition) is 6. The van der Waals surface area contributed by atoms with Crippen molar-refractivity contribution in [3.8, 4) is 0 Å². The molecular formula is C8H13N4O15P3. The van der Waals surface area contributed by atoms with Gasteiger partial charge in [0.2, 0.25) is 0 Å². The normalized spacial score (nSPS) is 25.1. The minimum atomic E-state index is -5.22. The van der Waals surface area contributed by atoms with Gasteiger partial charge in [-0.2, -0.15) is 4.91 Å². The number of hydroxylamine groups is 1. The van der Waals surface area contributed by atoms with Gasteiger partial charge in [0.15, 0.2) is 12.3 Å². The Hall–Kier alpha value is -1.59. The molecule has 0 bridgehead atoms. The molecule has 170 valence electrons. The molecule has 1 aromatic rings. The minimum absolute atomic E-state index is 0.449. The van der Waals surface area contributed by atoms with Crippen molar-refractivity contribution < 1.29 is 56.5 Å². The molecule has 6 N–H and O–H groups in total. The Morgan fingerprint density at radius 2 is 1.97 bits per heavy atom. The number of aliphatic hydroxyl groups is 1. The quantitative estimate of drug-likeness (QED) is 0.0898. The zero-order valence-electron chi connectivity index (χ0n) is 14.1. The van der Waals surface area contributed by atoms with E-state index in [0.29, 0.717) is 5.06 Å². The topological polar surface area (TPSA) is 277 Å². The summed E-state index contributed by atoms with van der Waals surface area (Å²) in [5.41, 5.74) is -2.34. The van der Waals surface area contributed by atoms with Gasteiger partial charge >= 0.3 is 29.6 Å². The Bertz CT molecular complexity index is 1000. The van der Waals surface area contributed by atoms with Gasteiger partial charge in [0.05, 0.1) is 6.61 Å². The lowest BCUT2D eigenvalue weighted by atomic mass is 10.2. The number of hydrogen-bond acceptors (Lipinski definition) is 14. The summed E-state index contributed by atoms with van der Waals surface area (Å²) in [6, 6.07) is -1.66. The van der Waals surface area contributed by atoms with Crippen LogP contribution in [0.5, 0.6) is 0 Å². The molecule has 30 heavy (non-hydrogen) atoms. The number of aromatic amines is 2. The number of H-pyrrole nitrogens is 2. The molecule has 22 heteroatoms. The van der Waals surface area contributed by atoms with Crippen LogP contribution in [0, 0.1) is 4.91 Å². The van der Waals surface area contributed by atoms with E-state index in [1.54, 1.807) is 0 Å². The highest BCUT2D eigenvalue weighted by Crippen LogP contribution is 2.54. The molecule has 1 fully saturated rings. The fourth-order valence-corrected chi connectivity index (χ4v) is 4.05. The number of phosphoric acid groups is 2. The van der Waals surface area contributed by atoms with Crippen LogP contribution in [0.4, 0.5) is 5.69 Å². The SMILES string of the molecule is O=NC1C(COP(=O)(O)O[PH](=O)OOP(=O)(O)O)ON(c2c[nH]c(=O)[nH]c2=O)C1O. The van der Waals surface area contributed by atoms with E-state index >= 15 is 0 Å². The summed E-state index contributed by atoms with van der Waals surface area (Å²) in [5.74, 6) is 0. The Balaban J connectivity index is 2.03. The number of aliphatic hydroxyl groups excluding tert-OH is 1. The summed E-state index contributed by atoms with van der Waals surface area (Å²) in [7, 11) is -14.5. The zero-order valence-corrected chi connectivity index (χ0v) is 16.9. The van der Waals surface area contributed by atoms with Gasteiger partial charge in [-0.25, -0.2) is 23.3 Å². The third-order valence-electron chi connectivity index (χ3n) is 3.13. The summed E-state index contributed by atoms with van der Waals surface area (Å²) in [6.45, 7) is -0.993. The molecule has 19 nitrogen and oxygen atoms in total. The van der Waals surface area contributed by atoms with Crippen molar-refractivity contribution >= 4 is 29.6 Å². The molecular weight excluding hydrogens is 485 g/mol. The largest absolute Gasteiger partial charge is 0.497 e. The Morgan fingerprint density at radius 1 is 1.30 bits per heavy atom. The molecule has 0 aromatic carbocycles. The molecule has 0 aliphatic carbocycles. The lowest BCUT2D eigenvalue weighted by Crippen LogP contribution is -2.38. The van der Waals surface area contributed by atoms with E-state index in [2.05, 4.69) is 28.3 Å². The second-order valence-corrected chi connectivity index (χ2v) is 8.91. The van der Waals surface area contributed by atoms with Crippen LogP contribution in [-0.2, 0) is 36.7 Å². The van der Waals surface area contributed by atoms with E-state index in [1.807, 2.05) is 4.98 Å². The molecule has 2 rings (SSSR count). The average Bonchev–Trinajstić information content (AvgIpc) is 2.93. The molecule has 1 aliphatic rings. The molecule has 0 saturated carbocycles. The van der Waals surface area contributed by atoms with E-state index in [-0.39, 0.29) is 0 Å². The summed E-state index contributed by atoms with van der Waals surface area (Å²) >= 11 is 0. The number of anilines is 1. The maximum Gasteiger partial charge on any atom is 0.497 e. The van der Waals surface area contributed by atoms with Crippen LogP contribution in [0.2, 0.25) is 0 Å². The van der Waals surface area contributed by atoms with Gasteiger partial charge in [0.1, 0.15) is 11.8 Å². The van der Waals surface area contributed by atoms with Crippen LogP contribution in [-0.4, -0.2) is 54.7 Å². The summed E-state index contributed by atoms with van der Waals surface area (Å²) in [4.78, 5) is 68.9. The predicted octanol–water partition coefficient (Wildman–Crippen LogP) is -1.80. The molecule has 5 unspecified atom stereocenters. The van der Waals surface area contributed by atoms with Crippen LogP contribution >= 0.6 is 23.9 Å². The molecule has 1 saturated heterocycles. The minimum Gasteiger partial charge on any atom is -0.369 e. The van der Waals surface area contributed by atoms with Gasteiger partial charge in [0, 0.05) is 6.20 Å². The number of nitrogens with one attached hydrogen (secondary N) is 2. The fourth-order valence-electron chi connectivity index (χ4n) is 2.00. The van der Waals surface area contributed by atoms with Crippen LogP contribution in [0.3, 0.4) is 0 Å². The first-order valence-corrected chi connectivity index (χ1v) is 11.5. The van der Waals surface area contributed by atoms with E-state index in [4.69, 9.17) is 14.6 Å². The van der Waals surface area contributed by atoms with Crippen molar-refractivity contribution in [1.82, 2.24) is 9.97 Å². The highest BCUT2D eigenvalue weighted by Gasteiger charge is 2.46. The van der Waals surface area contributed by atoms with Crippen LogP contribution in [0.25, 0.3) is 0 Å². The van der Waals surface area contributed by atoms with Crippen molar-refractivity contribution in [3.05, 3.63) is 31.9 Å². The summed E-state index contributed by atoms with van der Waals surface area (Å²) in [5, 5.41) is 13.1. The Labute approximate surface area is 164 Å². The van der Waals surface area contributed by atoms with Gasteiger partial charge in [-0.1, -0.05) is 5.18 Å². The maximum atomic E-state index is 11.8. The van der Waals surface area contributed by atoms with Gasteiger partial charge < -0.3 is 24.8 Å². The van der Waals surface area contributed by atoms with E-state index in [1.165, 1.54) is 0 Å². The lowest BCUT2D eigenvalue weighted by molar-refractivity contribution is -0.124. The van der Waals surface area contributed by atoms with Gasteiger partial charge in [-0.05, 0) is 0 Å². The first-order valence-electron chi connectivity index (χ1n) is 7.24. The van der Waals surface area contributed by atoms with Gasteiger partial charge in [-0.15, -0.1) is 9.35 Å². The van der Waals surface area contributed by atoms with Crippen LogP contribution in [0.1, 0.15) is 0 Å². The summed E-state index contributed by atoms with van der Waals surface area (Å²) in [6.07, 6.45) is -2.59. The number of aromatic nitrogens is 2. The lowest BCUT2D eigenvalue weighted by Gasteiger charge is -2.19. The van der Waals surface area contributed by atoms with Crippen molar-refractivity contribution in [2.75, 3.05) is 11.7 Å². The third kappa shape index (κ3) is 6.71. The highest BCUT2D eigenvalue weighted by molar-refractivity contribution is 7.56. The van der Waals surface area contributed by atoms with Gasteiger partial charge in [-0.3, -0.25) is 23.7 Å². The maximum absolute atomic E-state index is 11.8. The first kappa shape index (κ1) is 24.7. The molecule has 0 radical (unpaired) electrons. The average molecular weight is 498 g/mol. The van der Waals surface area contributed by atoms with E-state index in [9.17, 15) is 38.2 Å². The predicted molar refractivity (Wildman–Crippen MR) is 90.7 cm³/mol. The zero-order chi connectivity index (χ0) is 22.7. The third-order valence-corrected chi connectivity index (χ3v) is 5.75. The monoisotopic (exact) mass is 498 g/mol. The van der Waals surface area contributed by atoms with Crippen molar-refractivity contribution in [1.29, 1.82) is 0 Å². The molecule has 1 aliphatic heterocycles. The van der Waals surface area contributed by atoms with Crippen molar-refractivity contribution in [2.24, 2.45) is 5.18 Å². The molecule has 2 heterocycles. The standard InChI is InChI=1S/C8H13N4O15P3/c13-6-3(1-9-8(15)10-6)12-7(14)5(11-16)4(24-12)2-23-30(21,22)27-28(17)25-26-29(18,19)20/h1,4-5,7,14,28H,2H2,(H,21,22)(H2,18,19,20)(H2,9,10,13,15). The highest BCUT2D eigenvalue weighted by atomic mass is 31.2. The van der Waals surface area contributed by atoms with Gasteiger partial charge in [0.25, 0.3) is 5.56 Å². The molecule has 0 spiro atoms. The van der Waals surface area contributed by atoms with E-state index < -0.39 is 65.8 Å². The van der Waals surface area contributed by atoms with Crippen molar-refractivity contribution in [3.63, 3.8) is 0 Å². The summed E-state index contributed by atoms with van der Waals surface area (Å²) < 4.78 is 48.6. The fraction of sp³-hybridized carbons (Fsp3) is 0.500. The first-order chi connectivity index (χ1) is 13.8. The van der Waals surface area contributed by atoms with Crippen LogP contribution < -0.4 is 16.3 Å². The number of phosphoric ester groups is 1. The Morgan fingerprint density at radius 3 is 2.53 bits per heavy atom. The molecule has 5 atom stereocenters. The number of nitrogens with zero attached hydrogens (tertiary/aromatic N) is 2. The van der Waals surface area contributed by atoms with Crippen molar-refractivity contribution in [2.45, 2.75) is 18.4 Å². The number of rotatable bonds is 10. The molecule has 1 aromatic heterocycles. The smallest absolute Gasteiger partial charge is 0.369 e. The van der Waals surface area contributed by atoms with Crippen LogP contribution in [0.15, 0.2) is 21.0 Å². The molecule has 0 amide bonds.